The maximum absolute atomic E-state index is 13.4. The van der Waals surface area contributed by atoms with Crippen LogP contribution < -0.4 is 10.1 Å². The van der Waals surface area contributed by atoms with Crippen molar-refractivity contribution >= 4 is 5.69 Å². The standard InChI is InChI=1S/C13H12F7NO/c14-10-5-9(1-2-11(10)22-13(18,19)20)21-6-7-3-8(4-7)12(15,16)17/h1-2,5,7-8,21H,3-4,6H2. The summed E-state index contributed by atoms with van der Waals surface area (Å²) in [6, 6.07) is 2.79. The van der Waals surface area contributed by atoms with Crippen LogP contribution in [0.2, 0.25) is 0 Å². The van der Waals surface area contributed by atoms with Crippen molar-refractivity contribution in [1.29, 1.82) is 0 Å². The van der Waals surface area contributed by atoms with Crippen molar-refractivity contribution in [1.82, 2.24) is 0 Å². The SMILES string of the molecule is Fc1cc(NCC2CC(C(F)(F)F)C2)ccc1OC(F)(F)F. The third-order valence-corrected chi connectivity index (χ3v) is 3.45. The number of benzene rings is 1. The number of halogens is 7. The Labute approximate surface area is 121 Å². The molecule has 0 heterocycles. The Morgan fingerprint density at radius 3 is 2.23 bits per heavy atom. The predicted octanol–water partition coefficient (Wildman–Crippen LogP) is 4.72. The molecule has 0 bridgehead atoms. The molecular weight excluding hydrogens is 319 g/mol. The van der Waals surface area contributed by atoms with E-state index in [1.807, 2.05) is 0 Å². The van der Waals surface area contributed by atoms with E-state index in [0.29, 0.717) is 0 Å². The third kappa shape index (κ3) is 4.41. The molecule has 2 nitrogen and oxygen atoms in total. The molecular formula is C13H12F7NO. The van der Waals surface area contributed by atoms with E-state index in [2.05, 4.69) is 10.1 Å². The van der Waals surface area contributed by atoms with Gasteiger partial charge >= 0.3 is 12.5 Å². The number of anilines is 1. The zero-order valence-electron chi connectivity index (χ0n) is 11.1. The molecule has 0 unspecified atom stereocenters. The topological polar surface area (TPSA) is 21.3 Å². The van der Waals surface area contributed by atoms with E-state index in [1.54, 1.807) is 0 Å². The maximum atomic E-state index is 13.4. The van der Waals surface area contributed by atoms with Crippen LogP contribution in [0.4, 0.5) is 36.4 Å². The highest BCUT2D eigenvalue weighted by atomic mass is 19.4. The first-order valence-electron chi connectivity index (χ1n) is 6.40. The lowest BCUT2D eigenvalue weighted by atomic mass is 9.74. The summed E-state index contributed by atoms with van der Waals surface area (Å²) in [6.45, 7) is 0.200. The monoisotopic (exact) mass is 331 g/mol. The fraction of sp³-hybridized carbons (Fsp3) is 0.538. The minimum Gasteiger partial charge on any atom is -0.403 e. The van der Waals surface area contributed by atoms with Gasteiger partial charge in [0.25, 0.3) is 0 Å². The van der Waals surface area contributed by atoms with Gasteiger partial charge in [-0.05, 0) is 30.9 Å². The molecule has 0 aromatic heterocycles. The summed E-state index contributed by atoms with van der Waals surface area (Å²) < 4.78 is 89.7. The normalized spacial score (nSPS) is 22.1. The molecule has 2 rings (SSSR count). The predicted molar refractivity (Wildman–Crippen MR) is 63.8 cm³/mol. The van der Waals surface area contributed by atoms with E-state index in [1.165, 1.54) is 6.07 Å². The van der Waals surface area contributed by atoms with Gasteiger partial charge < -0.3 is 10.1 Å². The molecule has 0 saturated heterocycles. The van der Waals surface area contributed by atoms with E-state index in [4.69, 9.17) is 0 Å². The van der Waals surface area contributed by atoms with Crippen LogP contribution >= 0.6 is 0 Å². The second-order valence-electron chi connectivity index (χ2n) is 5.15. The van der Waals surface area contributed by atoms with Crippen molar-refractivity contribution < 1.29 is 35.5 Å². The summed E-state index contributed by atoms with van der Waals surface area (Å²) in [5, 5.41) is 2.71. The zero-order valence-corrected chi connectivity index (χ0v) is 11.1. The van der Waals surface area contributed by atoms with Crippen LogP contribution in [0, 0.1) is 17.7 Å². The zero-order chi connectivity index (χ0) is 16.5. The number of ether oxygens (including phenoxy) is 1. The van der Waals surface area contributed by atoms with E-state index in [9.17, 15) is 30.7 Å². The summed E-state index contributed by atoms with van der Waals surface area (Å²) in [5.74, 6) is -3.66. The van der Waals surface area contributed by atoms with Gasteiger partial charge in [-0.3, -0.25) is 0 Å². The molecule has 0 atom stereocenters. The van der Waals surface area contributed by atoms with Crippen LogP contribution in [-0.4, -0.2) is 19.1 Å². The lowest BCUT2D eigenvalue weighted by Crippen LogP contribution is -2.38. The first-order chi connectivity index (χ1) is 10.0. The van der Waals surface area contributed by atoms with Gasteiger partial charge in [0.15, 0.2) is 11.6 Å². The first-order valence-corrected chi connectivity index (χ1v) is 6.40. The fourth-order valence-corrected chi connectivity index (χ4v) is 2.25. The van der Waals surface area contributed by atoms with E-state index in [0.717, 1.165) is 12.1 Å². The highest BCUT2D eigenvalue weighted by molar-refractivity contribution is 5.47. The van der Waals surface area contributed by atoms with Gasteiger partial charge in [0.2, 0.25) is 0 Å². The Morgan fingerprint density at radius 1 is 1.09 bits per heavy atom. The number of alkyl halides is 6. The van der Waals surface area contributed by atoms with E-state index >= 15 is 0 Å². The minimum absolute atomic E-state index is 0.00570. The molecule has 1 aromatic rings. The van der Waals surface area contributed by atoms with Gasteiger partial charge in [-0.25, -0.2) is 4.39 Å². The molecule has 1 saturated carbocycles. The largest absolute Gasteiger partial charge is 0.573 e. The van der Waals surface area contributed by atoms with Crippen LogP contribution in [0.3, 0.4) is 0 Å². The van der Waals surface area contributed by atoms with Crippen LogP contribution in [-0.2, 0) is 0 Å². The molecule has 0 aliphatic heterocycles. The molecule has 1 aromatic carbocycles. The van der Waals surface area contributed by atoms with Crippen LogP contribution in [0.5, 0.6) is 5.75 Å². The summed E-state index contributed by atoms with van der Waals surface area (Å²) in [4.78, 5) is 0. The maximum Gasteiger partial charge on any atom is 0.573 e. The smallest absolute Gasteiger partial charge is 0.403 e. The molecule has 1 N–H and O–H groups in total. The van der Waals surface area contributed by atoms with Crippen molar-refractivity contribution in [3.05, 3.63) is 24.0 Å². The van der Waals surface area contributed by atoms with Gasteiger partial charge in [0, 0.05) is 18.3 Å². The quantitative estimate of drug-likeness (QED) is 0.806. The number of nitrogens with one attached hydrogen (secondary N) is 1. The average molecular weight is 331 g/mol. The van der Waals surface area contributed by atoms with Crippen molar-refractivity contribution in [2.75, 3.05) is 11.9 Å². The van der Waals surface area contributed by atoms with Crippen molar-refractivity contribution in [3.63, 3.8) is 0 Å². The van der Waals surface area contributed by atoms with Gasteiger partial charge in [0.05, 0.1) is 5.92 Å². The number of hydrogen-bond acceptors (Lipinski definition) is 2. The van der Waals surface area contributed by atoms with E-state index in [-0.39, 0.29) is 31.0 Å². The first kappa shape index (κ1) is 16.7. The molecule has 9 heteroatoms. The third-order valence-electron chi connectivity index (χ3n) is 3.45. The summed E-state index contributed by atoms with van der Waals surface area (Å²) in [6.07, 6.45) is -9.20. The second kappa shape index (κ2) is 5.85. The van der Waals surface area contributed by atoms with Crippen LogP contribution in [0.15, 0.2) is 18.2 Å². The van der Waals surface area contributed by atoms with Crippen LogP contribution in [0.1, 0.15) is 12.8 Å². The van der Waals surface area contributed by atoms with Gasteiger partial charge in [-0.2, -0.15) is 13.2 Å². The summed E-state index contributed by atoms with van der Waals surface area (Å²) in [7, 11) is 0. The Kier molecular flexibility index (Phi) is 4.44. The van der Waals surface area contributed by atoms with Crippen molar-refractivity contribution in [3.8, 4) is 5.75 Å². The van der Waals surface area contributed by atoms with E-state index < -0.39 is 30.0 Å². The molecule has 0 amide bonds. The Hall–Kier alpha value is -1.67. The van der Waals surface area contributed by atoms with Gasteiger partial charge in [-0.1, -0.05) is 0 Å². The summed E-state index contributed by atoms with van der Waals surface area (Å²) in [5.41, 5.74) is 0.183. The Balaban J connectivity index is 1.84. The second-order valence-corrected chi connectivity index (χ2v) is 5.15. The average Bonchev–Trinajstić information content (AvgIpc) is 2.27. The molecule has 1 aliphatic rings. The molecule has 0 radical (unpaired) electrons. The summed E-state index contributed by atoms with van der Waals surface area (Å²) >= 11 is 0. The lowest BCUT2D eigenvalue weighted by molar-refractivity contribution is -0.275. The van der Waals surface area contributed by atoms with Gasteiger partial charge in [-0.15, -0.1) is 13.2 Å². The molecule has 0 spiro atoms. The number of rotatable bonds is 4. The molecule has 124 valence electrons. The molecule has 1 fully saturated rings. The van der Waals surface area contributed by atoms with Crippen molar-refractivity contribution in [2.45, 2.75) is 25.4 Å². The fourth-order valence-electron chi connectivity index (χ4n) is 2.25. The highest BCUT2D eigenvalue weighted by Gasteiger charge is 2.47. The van der Waals surface area contributed by atoms with Crippen molar-refractivity contribution in [2.24, 2.45) is 11.8 Å². The lowest BCUT2D eigenvalue weighted by Gasteiger charge is -2.36. The number of hydrogen-bond donors (Lipinski definition) is 1. The molecule has 22 heavy (non-hydrogen) atoms. The Morgan fingerprint density at radius 2 is 1.73 bits per heavy atom. The highest BCUT2D eigenvalue weighted by Crippen LogP contribution is 2.44. The van der Waals surface area contributed by atoms with Gasteiger partial charge in [0.1, 0.15) is 0 Å². The minimum atomic E-state index is -4.99. The Bertz CT molecular complexity index is 520. The molecule has 1 aliphatic carbocycles. The van der Waals surface area contributed by atoms with Crippen LogP contribution in [0.25, 0.3) is 0 Å².